The van der Waals surface area contributed by atoms with Gasteiger partial charge in [-0.15, -0.1) is 0 Å². The van der Waals surface area contributed by atoms with Gasteiger partial charge < -0.3 is 14.0 Å². The van der Waals surface area contributed by atoms with Gasteiger partial charge in [0.25, 0.3) is 0 Å². The molecule has 0 amide bonds. The highest BCUT2D eigenvalue weighted by Crippen LogP contribution is 2.40. The molecule has 2 heterocycles. The molecule has 2 aromatic heterocycles. The van der Waals surface area contributed by atoms with Crippen molar-refractivity contribution >= 4 is 23.0 Å². The summed E-state index contributed by atoms with van der Waals surface area (Å²) in [6, 6.07) is 16.3. The molecule has 41 heavy (non-hydrogen) atoms. The highest BCUT2D eigenvalue weighted by molar-refractivity contribution is 5.90. The first-order valence-electron chi connectivity index (χ1n) is 13.1. The monoisotopic (exact) mass is 565 g/mol. The standard InChI is InChI=1S/C29H26F3N5O4/c1-36-13-12-20(35-36)17-40-21-10-11-24-25(14-21)37(16-19-8-6-18(15-33)7-9-19)26(34-24)22-4-2-3-5-23(22)27(38)41-28(39)29(30,31)32/h6-14,22-23H,2-5,16-17H2,1H3. The molecule has 0 aliphatic heterocycles. The Bertz CT molecular complexity index is 1620. The second-order valence-electron chi connectivity index (χ2n) is 9.99. The van der Waals surface area contributed by atoms with Crippen LogP contribution in [0.1, 0.15) is 54.2 Å². The maximum absolute atomic E-state index is 12.8. The van der Waals surface area contributed by atoms with Crippen molar-refractivity contribution in [3.63, 3.8) is 0 Å². The van der Waals surface area contributed by atoms with Crippen LogP contribution >= 0.6 is 0 Å². The van der Waals surface area contributed by atoms with Crippen molar-refractivity contribution in [1.29, 1.82) is 5.26 Å². The number of rotatable bonds is 7. The molecule has 0 bridgehead atoms. The predicted octanol–water partition coefficient (Wildman–Crippen LogP) is 5.17. The van der Waals surface area contributed by atoms with Crippen molar-refractivity contribution in [3.05, 3.63) is 77.4 Å². The summed E-state index contributed by atoms with van der Waals surface area (Å²) in [6.45, 7) is 0.563. The topological polar surface area (TPSA) is 112 Å². The second-order valence-corrected chi connectivity index (χ2v) is 9.99. The zero-order chi connectivity index (χ0) is 29.1. The summed E-state index contributed by atoms with van der Waals surface area (Å²) in [5, 5.41) is 13.5. The molecule has 9 nitrogen and oxygen atoms in total. The first kappa shape index (κ1) is 27.9. The number of ether oxygens (including phenoxy) is 2. The number of carbonyl (C=O) groups excluding carboxylic acids is 2. The molecule has 0 N–H and O–H groups in total. The van der Waals surface area contributed by atoms with Gasteiger partial charge in [-0.2, -0.15) is 23.5 Å². The Hall–Kier alpha value is -4.66. The lowest BCUT2D eigenvalue weighted by Gasteiger charge is -2.29. The minimum absolute atomic E-state index is 0.243. The summed E-state index contributed by atoms with van der Waals surface area (Å²) >= 11 is 0. The predicted molar refractivity (Wildman–Crippen MR) is 139 cm³/mol. The number of hydrogen-bond donors (Lipinski definition) is 0. The van der Waals surface area contributed by atoms with Crippen LogP contribution in [0.2, 0.25) is 0 Å². The van der Waals surface area contributed by atoms with E-state index in [-0.39, 0.29) is 13.0 Å². The smallest absolute Gasteiger partial charge is 0.487 e. The van der Waals surface area contributed by atoms with Gasteiger partial charge in [-0.05, 0) is 48.7 Å². The second kappa shape index (κ2) is 11.4. The van der Waals surface area contributed by atoms with Crippen molar-refractivity contribution in [2.75, 3.05) is 0 Å². The molecule has 0 radical (unpaired) electrons. The van der Waals surface area contributed by atoms with E-state index in [2.05, 4.69) is 15.9 Å². The van der Waals surface area contributed by atoms with Crippen LogP contribution in [0.15, 0.2) is 54.7 Å². The van der Waals surface area contributed by atoms with Crippen molar-refractivity contribution in [2.45, 2.75) is 50.9 Å². The molecule has 12 heteroatoms. The van der Waals surface area contributed by atoms with E-state index in [4.69, 9.17) is 9.72 Å². The fraction of sp³-hybridized carbons (Fsp3) is 0.345. The molecule has 2 unspecified atom stereocenters. The quantitative estimate of drug-likeness (QED) is 0.224. The number of aryl methyl sites for hydroxylation is 1. The molecule has 4 aromatic rings. The first-order chi connectivity index (χ1) is 19.6. The van der Waals surface area contributed by atoms with Crippen LogP contribution in [-0.2, 0) is 34.5 Å². The molecule has 1 saturated carbocycles. The van der Waals surface area contributed by atoms with E-state index in [1.54, 1.807) is 28.9 Å². The Balaban J connectivity index is 1.52. The molecule has 1 aliphatic carbocycles. The molecule has 2 aromatic carbocycles. The minimum Gasteiger partial charge on any atom is -0.487 e. The number of benzene rings is 2. The van der Waals surface area contributed by atoms with Crippen molar-refractivity contribution in [1.82, 2.24) is 19.3 Å². The Morgan fingerprint density at radius 1 is 1.10 bits per heavy atom. The first-order valence-corrected chi connectivity index (χ1v) is 13.1. The van der Waals surface area contributed by atoms with Gasteiger partial charge in [-0.3, -0.25) is 9.48 Å². The highest BCUT2D eigenvalue weighted by atomic mass is 19.4. The lowest BCUT2D eigenvalue weighted by atomic mass is 9.78. The Morgan fingerprint density at radius 3 is 2.54 bits per heavy atom. The van der Waals surface area contributed by atoms with E-state index in [0.717, 1.165) is 17.7 Å². The number of carbonyl (C=O) groups is 2. The summed E-state index contributed by atoms with van der Waals surface area (Å²) < 4.78 is 52.3. The van der Waals surface area contributed by atoms with Crippen molar-refractivity contribution in [3.8, 4) is 11.8 Å². The third kappa shape index (κ3) is 6.24. The summed E-state index contributed by atoms with van der Waals surface area (Å²) in [5.74, 6) is -4.19. The molecule has 1 aliphatic rings. The Kier molecular flexibility index (Phi) is 7.79. The van der Waals surface area contributed by atoms with Crippen LogP contribution < -0.4 is 4.74 Å². The number of aromatic nitrogens is 4. The number of imidazole rings is 1. The van der Waals surface area contributed by atoms with Crippen LogP contribution in [0.3, 0.4) is 0 Å². The number of nitrogens with zero attached hydrogens (tertiary/aromatic N) is 5. The lowest BCUT2D eigenvalue weighted by molar-refractivity contribution is -0.203. The molecular formula is C29H26F3N5O4. The van der Waals surface area contributed by atoms with E-state index < -0.39 is 30.0 Å². The van der Waals surface area contributed by atoms with Gasteiger partial charge in [0.2, 0.25) is 0 Å². The third-order valence-corrected chi connectivity index (χ3v) is 7.15. The van der Waals surface area contributed by atoms with Gasteiger partial charge in [0.05, 0.1) is 34.3 Å². The van der Waals surface area contributed by atoms with Gasteiger partial charge in [0.15, 0.2) is 0 Å². The molecular weight excluding hydrogens is 539 g/mol. The van der Waals surface area contributed by atoms with E-state index in [1.165, 1.54) is 0 Å². The molecule has 212 valence electrons. The summed E-state index contributed by atoms with van der Waals surface area (Å²) in [5.41, 5.74) is 3.41. The zero-order valence-electron chi connectivity index (χ0n) is 22.1. The van der Waals surface area contributed by atoms with Crippen molar-refractivity contribution in [2.24, 2.45) is 13.0 Å². The van der Waals surface area contributed by atoms with Crippen LogP contribution in [-0.4, -0.2) is 37.4 Å². The zero-order valence-corrected chi connectivity index (χ0v) is 22.1. The fourth-order valence-corrected chi connectivity index (χ4v) is 5.17. The maximum Gasteiger partial charge on any atom is 0.491 e. The molecule has 0 spiro atoms. The molecule has 2 atom stereocenters. The van der Waals surface area contributed by atoms with Crippen molar-refractivity contribution < 1.29 is 32.2 Å². The largest absolute Gasteiger partial charge is 0.491 e. The minimum atomic E-state index is -5.27. The Labute approximate surface area is 233 Å². The number of esters is 2. The average Bonchev–Trinajstić information content (AvgIpc) is 3.54. The highest BCUT2D eigenvalue weighted by Gasteiger charge is 2.45. The summed E-state index contributed by atoms with van der Waals surface area (Å²) in [6.07, 6.45) is -1.35. The van der Waals surface area contributed by atoms with Gasteiger partial charge in [-0.1, -0.05) is 25.0 Å². The van der Waals surface area contributed by atoms with E-state index in [0.29, 0.717) is 47.6 Å². The van der Waals surface area contributed by atoms with Crippen LogP contribution in [0.5, 0.6) is 5.75 Å². The van der Waals surface area contributed by atoms with E-state index >= 15 is 0 Å². The lowest BCUT2D eigenvalue weighted by Crippen LogP contribution is -2.35. The summed E-state index contributed by atoms with van der Waals surface area (Å²) in [7, 11) is 1.81. The van der Waals surface area contributed by atoms with Gasteiger partial charge in [0, 0.05) is 31.8 Å². The number of alkyl halides is 3. The molecule has 1 fully saturated rings. The normalized spacial score (nSPS) is 17.2. The SMILES string of the molecule is Cn1ccc(COc2ccc3nc(C4CCCCC4C(=O)OC(=O)C(F)(F)F)n(Cc4ccc(C#N)cc4)c3c2)n1. The van der Waals surface area contributed by atoms with Gasteiger partial charge in [0.1, 0.15) is 18.2 Å². The van der Waals surface area contributed by atoms with Crippen LogP contribution in [0.25, 0.3) is 11.0 Å². The van der Waals surface area contributed by atoms with Crippen LogP contribution in [0, 0.1) is 17.2 Å². The van der Waals surface area contributed by atoms with Crippen LogP contribution in [0.4, 0.5) is 13.2 Å². The fourth-order valence-electron chi connectivity index (χ4n) is 5.17. The average molecular weight is 566 g/mol. The number of fused-ring (bicyclic) bond motifs is 1. The number of nitriles is 1. The number of halogens is 3. The van der Waals surface area contributed by atoms with E-state index in [1.807, 2.05) is 42.1 Å². The Morgan fingerprint density at radius 2 is 1.85 bits per heavy atom. The number of hydrogen-bond acceptors (Lipinski definition) is 7. The molecule has 5 rings (SSSR count). The van der Waals surface area contributed by atoms with Gasteiger partial charge >= 0.3 is 18.1 Å². The molecule has 0 saturated heterocycles. The summed E-state index contributed by atoms with van der Waals surface area (Å²) in [4.78, 5) is 29.1. The van der Waals surface area contributed by atoms with E-state index in [9.17, 15) is 28.0 Å². The van der Waals surface area contributed by atoms with Gasteiger partial charge in [-0.25, -0.2) is 9.78 Å². The maximum atomic E-state index is 12.8. The third-order valence-electron chi connectivity index (χ3n) is 7.15.